The van der Waals surface area contributed by atoms with Crippen LogP contribution in [0, 0.1) is 11.3 Å². The van der Waals surface area contributed by atoms with Crippen molar-refractivity contribution < 1.29 is 19.4 Å². The van der Waals surface area contributed by atoms with Crippen LogP contribution in [0.2, 0.25) is 0 Å². The van der Waals surface area contributed by atoms with E-state index in [2.05, 4.69) is 4.74 Å². The third kappa shape index (κ3) is 1.94. The average molecular weight is 205 g/mol. The maximum absolute atomic E-state index is 11.1. The maximum atomic E-state index is 11.1. The Kier molecular flexibility index (Phi) is 3.03. The number of carbonyl (C=O) groups excluding carboxylic acids is 2. The normalized spacial score (nSPS) is 9.07. The van der Waals surface area contributed by atoms with Gasteiger partial charge in [-0.25, -0.2) is 4.79 Å². The Morgan fingerprint density at radius 3 is 2.73 bits per heavy atom. The number of carbonyl (C=O) groups is 2. The molecule has 5 heteroatoms. The summed E-state index contributed by atoms with van der Waals surface area (Å²) in [6.07, 6.45) is 0.364. The summed E-state index contributed by atoms with van der Waals surface area (Å²) >= 11 is 0. The molecular weight excluding hydrogens is 198 g/mol. The van der Waals surface area contributed by atoms with E-state index in [0.29, 0.717) is 6.29 Å². The summed E-state index contributed by atoms with van der Waals surface area (Å²) in [7, 11) is 1.18. The van der Waals surface area contributed by atoms with Crippen LogP contribution in [0.1, 0.15) is 26.3 Å². The summed E-state index contributed by atoms with van der Waals surface area (Å²) in [5, 5.41) is 18.0. The van der Waals surface area contributed by atoms with E-state index in [1.807, 2.05) is 0 Å². The summed E-state index contributed by atoms with van der Waals surface area (Å²) in [6, 6.07) is 4.00. The van der Waals surface area contributed by atoms with Crippen molar-refractivity contribution in [1.82, 2.24) is 0 Å². The fourth-order valence-corrected chi connectivity index (χ4v) is 1.07. The Balaban J connectivity index is 3.41. The summed E-state index contributed by atoms with van der Waals surface area (Å²) in [5.74, 6) is -1.10. The van der Waals surface area contributed by atoms with Gasteiger partial charge in [-0.2, -0.15) is 5.26 Å². The van der Waals surface area contributed by atoms with Crippen molar-refractivity contribution in [3.63, 3.8) is 0 Å². The molecule has 0 aromatic heterocycles. The Morgan fingerprint density at radius 1 is 1.60 bits per heavy atom. The quantitative estimate of drug-likeness (QED) is 0.571. The molecule has 0 aliphatic heterocycles. The first-order valence-corrected chi connectivity index (χ1v) is 3.94. The van der Waals surface area contributed by atoms with Crippen molar-refractivity contribution in [2.75, 3.05) is 7.11 Å². The van der Waals surface area contributed by atoms with Crippen LogP contribution < -0.4 is 0 Å². The van der Waals surface area contributed by atoms with Gasteiger partial charge in [-0.1, -0.05) is 0 Å². The van der Waals surface area contributed by atoms with Crippen molar-refractivity contribution in [2.24, 2.45) is 0 Å². The SMILES string of the molecule is COC(=O)c1cc(C#N)c(O)c(C=O)c1. The zero-order chi connectivity index (χ0) is 11.4. The van der Waals surface area contributed by atoms with Crippen LogP contribution in [-0.4, -0.2) is 24.5 Å². The number of nitrogens with zero attached hydrogens (tertiary/aromatic N) is 1. The predicted octanol–water partition coefficient (Wildman–Crippen LogP) is 0.863. The van der Waals surface area contributed by atoms with E-state index in [0.717, 1.165) is 12.1 Å². The van der Waals surface area contributed by atoms with Gasteiger partial charge in [0.15, 0.2) is 6.29 Å². The number of aromatic hydroxyl groups is 1. The second kappa shape index (κ2) is 4.24. The fraction of sp³-hybridized carbons (Fsp3) is 0.100. The fourth-order valence-electron chi connectivity index (χ4n) is 1.07. The molecule has 1 aromatic rings. The molecule has 15 heavy (non-hydrogen) atoms. The molecule has 76 valence electrons. The Hall–Kier alpha value is -2.35. The predicted molar refractivity (Wildman–Crippen MR) is 49.5 cm³/mol. The van der Waals surface area contributed by atoms with Crippen LogP contribution in [0.5, 0.6) is 5.75 Å². The zero-order valence-electron chi connectivity index (χ0n) is 7.85. The second-order valence-electron chi connectivity index (χ2n) is 2.68. The Bertz CT molecular complexity index is 459. The highest BCUT2D eigenvalue weighted by Crippen LogP contribution is 2.22. The minimum Gasteiger partial charge on any atom is -0.506 e. The Labute approximate surface area is 85.5 Å². The number of nitriles is 1. The first kappa shape index (κ1) is 10.7. The number of methoxy groups -OCH3 is 1. The molecule has 0 aliphatic carbocycles. The van der Waals surface area contributed by atoms with E-state index >= 15 is 0 Å². The molecule has 0 amide bonds. The second-order valence-corrected chi connectivity index (χ2v) is 2.68. The number of rotatable bonds is 2. The molecule has 1 aromatic carbocycles. The monoisotopic (exact) mass is 205 g/mol. The van der Waals surface area contributed by atoms with Crippen molar-refractivity contribution in [1.29, 1.82) is 5.26 Å². The molecule has 0 saturated heterocycles. The molecule has 1 rings (SSSR count). The van der Waals surface area contributed by atoms with Gasteiger partial charge in [0.1, 0.15) is 11.8 Å². The van der Waals surface area contributed by atoms with Gasteiger partial charge in [-0.15, -0.1) is 0 Å². The van der Waals surface area contributed by atoms with Crippen LogP contribution in [0.4, 0.5) is 0 Å². The molecule has 0 saturated carbocycles. The van der Waals surface area contributed by atoms with Crippen LogP contribution in [0.25, 0.3) is 0 Å². The van der Waals surface area contributed by atoms with Gasteiger partial charge in [-0.3, -0.25) is 4.79 Å². The average Bonchev–Trinajstić information content (AvgIpc) is 2.28. The van der Waals surface area contributed by atoms with Crippen LogP contribution in [-0.2, 0) is 4.74 Å². The molecule has 1 N–H and O–H groups in total. The summed E-state index contributed by atoms with van der Waals surface area (Å²) in [5.41, 5.74) is -0.205. The minimum atomic E-state index is -0.672. The van der Waals surface area contributed by atoms with Gasteiger partial charge in [0.25, 0.3) is 0 Å². The first-order valence-electron chi connectivity index (χ1n) is 3.94. The number of aldehydes is 1. The van der Waals surface area contributed by atoms with Crippen LogP contribution in [0.3, 0.4) is 0 Å². The lowest BCUT2D eigenvalue weighted by atomic mass is 10.1. The smallest absolute Gasteiger partial charge is 0.337 e. The van der Waals surface area contributed by atoms with Crippen LogP contribution >= 0.6 is 0 Å². The molecule has 5 nitrogen and oxygen atoms in total. The number of benzene rings is 1. The topological polar surface area (TPSA) is 87.4 Å². The lowest BCUT2D eigenvalue weighted by molar-refractivity contribution is 0.0600. The highest BCUT2D eigenvalue weighted by Gasteiger charge is 2.13. The number of ether oxygens (including phenoxy) is 1. The van der Waals surface area contributed by atoms with E-state index < -0.39 is 11.7 Å². The highest BCUT2D eigenvalue weighted by molar-refractivity contribution is 5.93. The van der Waals surface area contributed by atoms with Crippen LogP contribution in [0.15, 0.2) is 12.1 Å². The zero-order valence-corrected chi connectivity index (χ0v) is 7.85. The molecule has 0 unspecified atom stereocenters. The molecule has 0 atom stereocenters. The third-order valence-corrected chi connectivity index (χ3v) is 1.81. The van der Waals surface area contributed by atoms with E-state index in [-0.39, 0.29) is 16.7 Å². The molecule has 0 fully saturated rings. The lowest BCUT2D eigenvalue weighted by Gasteiger charge is -2.03. The molecule has 0 radical (unpaired) electrons. The summed E-state index contributed by atoms with van der Waals surface area (Å²) in [6.45, 7) is 0. The summed E-state index contributed by atoms with van der Waals surface area (Å²) in [4.78, 5) is 21.7. The van der Waals surface area contributed by atoms with E-state index in [9.17, 15) is 14.7 Å². The van der Waals surface area contributed by atoms with Crippen molar-refractivity contribution >= 4 is 12.3 Å². The van der Waals surface area contributed by atoms with Gasteiger partial charge < -0.3 is 9.84 Å². The lowest BCUT2D eigenvalue weighted by Crippen LogP contribution is -2.03. The largest absolute Gasteiger partial charge is 0.506 e. The molecule has 0 spiro atoms. The first-order chi connectivity index (χ1) is 7.13. The van der Waals surface area contributed by atoms with Crippen molar-refractivity contribution in [3.8, 4) is 11.8 Å². The van der Waals surface area contributed by atoms with Gasteiger partial charge in [0, 0.05) is 0 Å². The summed E-state index contributed by atoms with van der Waals surface area (Å²) < 4.78 is 4.43. The number of esters is 1. The standard InChI is InChI=1S/C10H7NO4/c1-15-10(14)6-2-7(4-11)9(13)8(3-6)5-12/h2-3,5,13H,1H3. The Morgan fingerprint density at radius 2 is 2.27 bits per heavy atom. The van der Waals surface area contributed by atoms with E-state index in [1.54, 1.807) is 6.07 Å². The molecular formula is C10H7NO4. The molecule has 0 heterocycles. The van der Waals surface area contributed by atoms with Gasteiger partial charge in [0.2, 0.25) is 0 Å². The number of hydrogen-bond acceptors (Lipinski definition) is 5. The highest BCUT2D eigenvalue weighted by atomic mass is 16.5. The number of hydrogen-bond donors (Lipinski definition) is 1. The van der Waals surface area contributed by atoms with Gasteiger partial charge >= 0.3 is 5.97 Å². The van der Waals surface area contributed by atoms with Crippen molar-refractivity contribution in [3.05, 3.63) is 28.8 Å². The van der Waals surface area contributed by atoms with Gasteiger partial charge in [-0.05, 0) is 12.1 Å². The van der Waals surface area contributed by atoms with E-state index in [4.69, 9.17) is 5.26 Å². The van der Waals surface area contributed by atoms with Crippen molar-refractivity contribution in [2.45, 2.75) is 0 Å². The molecule has 0 aliphatic rings. The number of phenolic OH excluding ortho intramolecular Hbond substituents is 1. The minimum absolute atomic E-state index is 0.0500. The maximum Gasteiger partial charge on any atom is 0.337 e. The number of phenols is 1. The van der Waals surface area contributed by atoms with E-state index in [1.165, 1.54) is 7.11 Å². The molecule has 0 bridgehead atoms. The van der Waals surface area contributed by atoms with Gasteiger partial charge in [0.05, 0.1) is 23.8 Å². The third-order valence-electron chi connectivity index (χ3n) is 1.81.